The first-order valence-corrected chi connectivity index (χ1v) is 12.5. The van der Waals surface area contributed by atoms with Gasteiger partial charge in [0.2, 0.25) is 16.1 Å². The molecule has 1 atom stereocenters. The third kappa shape index (κ3) is 5.97. The van der Waals surface area contributed by atoms with Crippen molar-refractivity contribution in [3.63, 3.8) is 0 Å². The predicted molar refractivity (Wildman–Crippen MR) is 125 cm³/mol. The lowest BCUT2D eigenvalue weighted by molar-refractivity contribution is -0.384. The van der Waals surface area contributed by atoms with E-state index in [0.717, 1.165) is 0 Å². The Morgan fingerprint density at radius 1 is 1.18 bits per heavy atom. The van der Waals surface area contributed by atoms with Gasteiger partial charge in [-0.25, -0.2) is 12.7 Å². The Morgan fingerprint density at radius 3 is 2.41 bits per heavy atom. The fraction of sp³-hybridized carbons (Fsp3) is 0.391. The maximum Gasteiger partial charge on any atom is 0.310 e. The fourth-order valence-electron chi connectivity index (χ4n) is 3.76. The number of nitro benzene ring substituents is 1. The van der Waals surface area contributed by atoms with Crippen LogP contribution in [0.25, 0.3) is 0 Å². The number of sulfonamides is 1. The smallest absolute Gasteiger partial charge is 0.310 e. The molecular formula is C23H27N3O7S. The minimum atomic E-state index is -3.34. The highest BCUT2D eigenvalue weighted by Crippen LogP contribution is 2.29. The van der Waals surface area contributed by atoms with Crippen molar-refractivity contribution in [3.8, 4) is 0 Å². The molecule has 182 valence electrons. The molecular weight excluding hydrogens is 462 g/mol. The molecule has 0 spiro atoms. The Bertz CT molecular complexity index is 1160. The van der Waals surface area contributed by atoms with E-state index in [2.05, 4.69) is 5.32 Å². The van der Waals surface area contributed by atoms with Crippen molar-refractivity contribution in [3.05, 3.63) is 69.8 Å². The largest absolute Gasteiger partial charge is 0.447 e. The molecule has 10 nitrogen and oxygen atoms in total. The highest BCUT2D eigenvalue weighted by atomic mass is 32.2. The van der Waals surface area contributed by atoms with Gasteiger partial charge in [-0.05, 0) is 38.3 Å². The SMILES string of the molecule is CCS(=O)(=O)N1CCC(C(=O)OC(C(=O)Nc2ccc(C)cc2[N+](=O)[O-])c2ccccc2)CC1. The van der Waals surface area contributed by atoms with Crippen LogP contribution in [0, 0.1) is 23.0 Å². The van der Waals surface area contributed by atoms with Gasteiger partial charge in [-0.15, -0.1) is 0 Å². The standard InChI is InChI=1S/C23H27N3O7S/c1-3-34(31,32)25-13-11-18(12-14-25)23(28)33-21(17-7-5-4-6-8-17)22(27)24-19-10-9-16(2)15-20(19)26(29)30/h4-10,15,18,21H,3,11-14H2,1-2H3,(H,24,27). The summed E-state index contributed by atoms with van der Waals surface area (Å²) in [5.74, 6) is -1.91. The average Bonchev–Trinajstić information content (AvgIpc) is 2.83. The van der Waals surface area contributed by atoms with Crippen molar-refractivity contribution in [2.24, 2.45) is 5.92 Å². The Morgan fingerprint density at radius 2 is 1.82 bits per heavy atom. The van der Waals surface area contributed by atoms with Crippen molar-refractivity contribution < 1.29 is 27.7 Å². The second-order valence-corrected chi connectivity index (χ2v) is 10.3. The van der Waals surface area contributed by atoms with Crippen LogP contribution >= 0.6 is 0 Å². The molecule has 1 unspecified atom stereocenters. The van der Waals surface area contributed by atoms with Gasteiger partial charge in [0, 0.05) is 24.7 Å². The van der Waals surface area contributed by atoms with E-state index in [-0.39, 0.29) is 43.1 Å². The maximum atomic E-state index is 13.1. The lowest BCUT2D eigenvalue weighted by Crippen LogP contribution is -2.41. The minimum absolute atomic E-state index is 0.00402. The van der Waals surface area contributed by atoms with Crippen molar-refractivity contribution in [1.82, 2.24) is 4.31 Å². The van der Waals surface area contributed by atoms with Crippen LogP contribution in [0.2, 0.25) is 0 Å². The number of esters is 1. The first-order chi connectivity index (χ1) is 16.1. The summed E-state index contributed by atoms with van der Waals surface area (Å²) >= 11 is 0. The van der Waals surface area contributed by atoms with Gasteiger partial charge in [0.05, 0.1) is 16.6 Å². The zero-order valence-electron chi connectivity index (χ0n) is 19.0. The zero-order valence-corrected chi connectivity index (χ0v) is 19.8. The molecule has 1 saturated heterocycles. The molecule has 0 saturated carbocycles. The van der Waals surface area contributed by atoms with Gasteiger partial charge in [-0.1, -0.05) is 36.4 Å². The molecule has 1 amide bonds. The number of amides is 1. The summed E-state index contributed by atoms with van der Waals surface area (Å²) in [5, 5.41) is 13.9. The minimum Gasteiger partial charge on any atom is -0.447 e. The van der Waals surface area contributed by atoms with Crippen LogP contribution in [0.4, 0.5) is 11.4 Å². The van der Waals surface area contributed by atoms with Gasteiger partial charge in [0.25, 0.3) is 11.6 Å². The van der Waals surface area contributed by atoms with Gasteiger partial charge < -0.3 is 10.1 Å². The van der Waals surface area contributed by atoms with E-state index in [0.29, 0.717) is 11.1 Å². The third-order valence-corrected chi connectivity index (χ3v) is 7.61. The van der Waals surface area contributed by atoms with Crippen LogP contribution < -0.4 is 5.32 Å². The molecule has 2 aromatic rings. The van der Waals surface area contributed by atoms with E-state index in [1.54, 1.807) is 50.2 Å². The molecule has 3 rings (SSSR count). The Hall–Kier alpha value is -3.31. The highest BCUT2D eigenvalue weighted by Gasteiger charge is 2.34. The summed E-state index contributed by atoms with van der Waals surface area (Å²) in [6.07, 6.45) is -0.762. The van der Waals surface area contributed by atoms with Crippen molar-refractivity contribution in [2.45, 2.75) is 32.8 Å². The van der Waals surface area contributed by atoms with Gasteiger partial charge in [0.15, 0.2) is 0 Å². The van der Waals surface area contributed by atoms with Crippen molar-refractivity contribution in [1.29, 1.82) is 0 Å². The third-order valence-electron chi connectivity index (χ3n) is 5.73. The van der Waals surface area contributed by atoms with Gasteiger partial charge in [-0.2, -0.15) is 0 Å². The summed E-state index contributed by atoms with van der Waals surface area (Å²) in [5.41, 5.74) is 0.799. The number of nitro groups is 1. The molecule has 2 aromatic carbocycles. The molecule has 1 heterocycles. The normalized spacial score (nSPS) is 15.9. The Labute approximate surface area is 198 Å². The monoisotopic (exact) mass is 489 g/mol. The van der Waals surface area contributed by atoms with E-state index in [1.807, 2.05) is 0 Å². The number of carbonyl (C=O) groups is 2. The maximum absolute atomic E-state index is 13.1. The molecule has 0 bridgehead atoms. The van der Waals surface area contributed by atoms with Crippen LogP contribution in [0.5, 0.6) is 0 Å². The zero-order chi connectivity index (χ0) is 24.9. The number of nitrogens with one attached hydrogen (secondary N) is 1. The Balaban J connectivity index is 1.77. The topological polar surface area (TPSA) is 136 Å². The van der Waals surface area contributed by atoms with E-state index >= 15 is 0 Å². The van der Waals surface area contributed by atoms with Gasteiger partial charge in [0.1, 0.15) is 5.69 Å². The molecule has 1 aliphatic rings. The number of anilines is 1. The lowest BCUT2D eigenvalue weighted by atomic mass is 9.98. The molecule has 11 heteroatoms. The van der Waals surface area contributed by atoms with Crippen LogP contribution in [0.15, 0.2) is 48.5 Å². The number of hydrogen-bond acceptors (Lipinski definition) is 7. The molecule has 1 N–H and O–H groups in total. The van der Waals surface area contributed by atoms with E-state index < -0.39 is 38.8 Å². The summed E-state index contributed by atoms with van der Waals surface area (Å²) in [6.45, 7) is 3.67. The molecule has 1 aliphatic heterocycles. The lowest BCUT2D eigenvalue weighted by Gasteiger charge is -2.30. The number of aryl methyl sites for hydroxylation is 1. The number of hydrogen-bond donors (Lipinski definition) is 1. The summed E-state index contributed by atoms with van der Waals surface area (Å²) in [6, 6.07) is 12.8. The average molecular weight is 490 g/mol. The number of benzene rings is 2. The van der Waals surface area contributed by atoms with E-state index in [9.17, 15) is 28.1 Å². The Kier molecular flexibility index (Phi) is 8.00. The summed E-state index contributed by atoms with van der Waals surface area (Å²) < 4.78 is 31.1. The molecule has 1 fully saturated rings. The van der Waals surface area contributed by atoms with Gasteiger partial charge >= 0.3 is 5.97 Å². The fourth-order valence-corrected chi connectivity index (χ4v) is 4.89. The molecule has 0 aromatic heterocycles. The first-order valence-electron chi connectivity index (χ1n) is 10.9. The molecule has 0 aliphatic carbocycles. The first kappa shape index (κ1) is 25.3. The summed E-state index contributed by atoms with van der Waals surface area (Å²) in [7, 11) is -3.34. The number of rotatable bonds is 8. The van der Waals surface area contributed by atoms with Crippen LogP contribution in [-0.4, -0.2) is 48.4 Å². The summed E-state index contributed by atoms with van der Waals surface area (Å²) in [4.78, 5) is 36.8. The van der Waals surface area contributed by atoms with Crippen molar-refractivity contribution >= 4 is 33.3 Å². The van der Waals surface area contributed by atoms with Crippen molar-refractivity contribution in [2.75, 3.05) is 24.2 Å². The number of carbonyl (C=O) groups excluding carboxylic acids is 2. The number of ether oxygens (including phenoxy) is 1. The molecule has 34 heavy (non-hydrogen) atoms. The second kappa shape index (κ2) is 10.7. The molecule has 0 radical (unpaired) electrons. The number of piperidine rings is 1. The second-order valence-electron chi connectivity index (χ2n) is 8.07. The number of nitrogens with zero attached hydrogens (tertiary/aromatic N) is 2. The van der Waals surface area contributed by atoms with Crippen LogP contribution in [-0.2, 0) is 24.3 Å². The quantitative estimate of drug-likeness (QED) is 0.342. The van der Waals surface area contributed by atoms with E-state index in [4.69, 9.17) is 4.74 Å². The predicted octanol–water partition coefficient (Wildman–Crippen LogP) is 3.19. The van der Waals surface area contributed by atoms with Crippen LogP contribution in [0.3, 0.4) is 0 Å². The highest BCUT2D eigenvalue weighted by molar-refractivity contribution is 7.89. The van der Waals surface area contributed by atoms with Gasteiger partial charge in [-0.3, -0.25) is 19.7 Å². The van der Waals surface area contributed by atoms with Crippen LogP contribution in [0.1, 0.15) is 37.0 Å². The van der Waals surface area contributed by atoms with E-state index in [1.165, 1.54) is 16.4 Å².